The third-order valence-electron chi connectivity index (χ3n) is 4.92. The summed E-state index contributed by atoms with van der Waals surface area (Å²) >= 11 is 1.07. The Morgan fingerprint density at radius 3 is 2.56 bits per heavy atom. The van der Waals surface area contributed by atoms with Gasteiger partial charge in [-0.05, 0) is 55.8 Å². The molecule has 160 valence electrons. The Kier molecular flexibility index (Phi) is 6.05. The van der Waals surface area contributed by atoms with E-state index < -0.39 is 0 Å². The number of hydrogen-bond acceptors (Lipinski definition) is 6. The number of nitrogens with zero attached hydrogens (tertiary/aromatic N) is 4. The minimum absolute atomic E-state index is 0.00792. The molecule has 0 saturated carbocycles. The topological polar surface area (TPSA) is 96.7 Å². The van der Waals surface area contributed by atoms with E-state index in [2.05, 4.69) is 21.6 Å². The zero-order valence-corrected chi connectivity index (χ0v) is 18.1. The summed E-state index contributed by atoms with van der Waals surface area (Å²) < 4.78 is 20.5. The van der Waals surface area contributed by atoms with E-state index in [1.807, 2.05) is 48.7 Å². The van der Waals surface area contributed by atoms with Gasteiger partial charge >= 0.3 is 0 Å². The third kappa shape index (κ3) is 4.26. The Balaban J connectivity index is 1.50. The highest BCUT2D eigenvalue weighted by molar-refractivity contribution is 7.99. The maximum atomic E-state index is 13.1. The van der Waals surface area contributed by atoms with Crippen molar-refractivity contribution < 1.29 is 13.6 Å². The lowest BCUT2D eigenvalue weighted by molar-refractivity contribution is -0.113. The number of thioether (sulfide) groups is 1. The van der Waals surface area contributed by atoms with Crippen LogP contribution in [0.3, 0.4) is 0 Å². The summed E-state index contributed by atoms with van der Waals surface area (Å²) in [6.45, 7) is 3.76. The van der Waals surface area contributed by atoms with E-state index >= 15 is 0 Å². The summed E-state index contributed by atoms with van der Waals surface area (Å²) in [4.78, 5) is 12.7. The summed E-state index contributed by atoms with van der Waals surface area (Å²) in [5.41, 5.74) is 3.52. The number of nitrogens with one attached hydrogen (secondary N) is 1. The van der Waals surface area contributed by atoms with Crippen molar-refractivity contribution in [1.82, 2.24) is 14.8 Å². The molecule has 0 saturated heterocycles. The summed E-state index contributed by atoms with van der Waals surface area (Å²) in [7, 11) is 0. The van der Waals surface area contributed by atoms with Gasteiger partial charge in [0, 0.05) is 16.9 Å². The van der Waals surface area contributed by atoms with Crippen molar-refractivity contribution in [3.63, 3.8) is 0 Å². The number of halogens is 1. The molecule has 9 heteroatoms. The molecule has 0 aliphatic heterocycles. The Morgan fingerprint density at radius 2 is 1.88 bits per heavy atom. The van der Waals surface area contributed by atoms with Gasteiger partial charge in [-0.15, -0.1) is 10.2 Å². The molecule has 7 nitrogen and oxygen atoms in total. The summed E-state index contributed by atoms with van der Waals surface area (Å²) in [5, 5.41) is 20.6. The zero-order chi connectivity index (χ0) is 22.7. The number of aromatic nitrogens is 3. The van der Waals surface area contributed by atoms with Crippen LogP contribution < -0.4 is 5.32 Å². The molecular weight excluding hydrogens is 429 g/mol. The average molecular weight is 447 g/mol. The van der Waals surface area contributed by atoms with Crippen LogP contribution >= 0.6 is 11.8 Å². The molecule has 2 aromatic carbocycles. The molecule has 0 spiro atoms. The summed E-state index contributed by atoms with van der Waals surface area (Å²) in [5.74, 6) is -0.000947. The fourth-order valence-corrected chi connectivity index (χ4v) is 3.80. The van der Waals surface area contributed by atoms with Gasteiger partial charge in [0.2, 0.25) is 11.8 Å². The van der Waals surface area contributed by atoms with Gasteiger partial charge in [0.15, 0.2) is 0 Å². The number of hydrogen-bond donors (Lipinski definition) is 1. The van der Waals surface area contributed by atoms with Crippen molar-refractivity contribution in [3.8, 4) is 23.2 Å². The van der Waals surface area contributed by atoms with Crippen LogP contribution in [0.25, 0.3) is 17.1 Å². The highest BCUT2D eigenvalue weighted by Crippen LogP contribution is 2.30. The average Bonchev–Trinajstić information content (AvgIpc) is 3.36. The molecular formula is C23H18FN5O2S. The second kappa shape index (κ2) is 9.08. The number of carbonyl (C=O) groups excluding carboxylic acids is 1. The normalized spacial score (nSPS) is 10.7. The summed E-state index contributed by atoms with van der Waals surface area (Å²) in [6, 6.07) is 17.4. The SMILES string of the molecule is Cc1c(C#N)c(NC(=O)CSc2nnc(-c3ccc(F)cc3)o2)n(-c2ccccc2)c1C. The van der Waals surface area contributed by atoms with Gasteiger partial charge in [-0.25, -0.2) is 4.39 Å². The number of benzene rings is 2. The van der Waals surface area contributed by atoms with Crippen LogP contribution in [0, 0.1) is 31.0 Å². The molecule has 1 N–H and O–H groups in total. The van der Waals surface area contributed by atoms with Crippen LogP contribution in [0.2, 0.25) is 0 Å². The first-order chi connectivity index (χ1) is 15.5. The first-order valence-corrected chi connectivity index (χ1v) is 10.7. The lowest BCUT2D eigenvalue weighted by Crippen LogP contribution is -2.17. The van der Waals surface area contributed by atoms with E-state index in [0.29, 0.717) is 16.9 Å². The molecule has 1 amide bonds. The van der Waals surface area contributed by atoms with Crippen molar-refractivity contribution in [3.05, 3.63) is 77.2 Å². The van der Waals surface area contributed by atoms with E-state index in [9.17, 15) is 14.4 Å². The number of carbonyl (C=O) groups is 1. The first kappa shape index (κ1) is 21.3. The third-order valence-corrected chi connectivity index (χ3v) is 5.74. The molecule has 4 rings (SSSR count). The standard InChI is InChI=1S/C23H18FN5O2S/c1-14-15(2)29(18-6-4-3-5-7-18)21(19(14)12-25)26-20(30)13-32-23-28-27-22(31-23)16-8-10-17(24)11-9-16/h3-11H,13H2,1-2H3,(H,26,30). The Bertz CT molecular complexity index is 1310. The molecule has 32 heavy (non-hydrogen) atoms. The fourth-order valence-electron chi connectivity index (χ4n) is 3.23. The summed E-state index contributed by atoms with van der Waals surface area (Å²) in [6.07, 6.45) is 0. The van der Waals surface area contributed by atoms with Gasteiger partial charge in [-0.3, -0.25) is 9.36 Å². The van der Waals surface area contributed by atoms with Crippen LogP contribution in [0.5, 0.6) is 0 Å². The molecule has 0 radical (unpaired) electrons. The molecule has 2 heterocycles. The van der Waals surface area contributed by atoms with Crippen molar-refractivity contribution in [2.24, 2.45) is 0 Å². The van der Waals surface area contributed by atoms with E-state index in [4.69, 9.17) is 4.42 Å². The van der Waals surface area contributed by atoms with Crippen molar-refractivity contribution in [2.45, 2.75) is 19.1 Å². The first-order valence-electron chi connectivity index (χ1n) is 9.67. The minimum atomic E-state index is -0.359. The van der Waals surface area contributed by atoms with E-state index in [1.165, 1.54) is 24.3 Å². The van der Waals surface area contributed by atoms with E-state index in [-0.39, 0.29) is 28.6 Å². The zero-order valence-electron chi connectivity index (χ0n) is 17.3. The molecule has 0 aliphatic carbocycles. The second-order valence-corrected chi connectivity index (χ2v) is 7.86. The minimum Gasteiger partial charge on any atom is -0.411 e. The molecule has 0 fully saturated rings. The van der Waals surface area contributed by atoms with E-state index in [0.717, 1.165) is 28.7 Å². The number of para-hydroxylation sites is 1. The molecule has 0 atom stereocenters. The van der Waals surface area contributed by atoms with Crippen molar-refractivity contribution in [1.29, 1.82) is 5.26 Å². The lowest BCUT2D eigenvalue weighted by atomic mass is 10.2. The lowest BCUT2D eigenvalue weighted by Gasteiger charge is -2.12. The van der Waals surface area contributed by atoms with Crippen LogP contribution in [-0.2, 0) is 4.79 Å². The van der Waals surface area contributed by atoms with Gasteiger partial charge < -0.3 is 9.73 Å². The number of amides is 1. The van der Waals surface area contributed by atoms with Gasteiger partial charge in [-0.2, -0.15) is 5.26 Å². The second-order valence-electron chi connectivity index (χ2n) is 6.93. The predicted molar refractivity (Wildman–Crippen MR) is 119 cm³/mol. The molecule has 0 aliphatic rings. The molecule has 0 unspecified atom stereocenters. The highest BCUT2D eigenvalue weighted by Gasteiger charge is 2.21. The predicted octanol–water partition coefficient (Wildman–Crippen LogP) is 4.89. The number of anilines is 1. The smallest absolute Gasteiger partial charge is 0.277 e. The molecule has 0 bridgehead atoms. The number of nitriles is 1. The maximum absolute atomic E-state index is 13.1. The largest absolute Gasteiger partial charge is 0.411 e. The Morgan fingerprint density at radius 1 is 1.16 bits per heavy atom. The van der Waals surface area contributed by atoms with Crippen molar-refractivity contribution >= 4 is 23.5 Å². The van der Waals surface area contributed by atoms with Gasteiger partial charge in [0.1, 0.15) is 17.7 Å². The van der Waals surface area contributed by atoms with Gasteiger partial charge in [0.05, 0.1) is 11.3 Å². The van der Waals surface area contributed by atoms with Crippen LogP contribution in [0.4, 0.5) is 10.2 Å². The fraction of sp³-hybridized carbons (Fsp3) is 0.130. The quantitative estimate of drug-likeness (QED) is 0.423. The van der Waals surface area contributed by atoms with Crippen LogP contribution in [0.15, 0.2) is 64.2 Å². The molecule has 2 aromatic heterocycles. The Hall–Kier alpha value is -3.90. The van der Waals surface area contributed by atoms with Gasteiger partial charge in [0.25, 0.3) is 5.22 Å². The monoisotopic (exact) mass is 447 g/mol. The Labute approximate surface area is 187 Å². The van der Waals surface area contributed by atoms with E-state index in [1.54, 1.807) is 0 Å². The van der Waals surface area contributed by atoms with Crippen LogP contribution in [-0.4, -0.2) is 26.4 Å². The van der Waals surface area contributed by atoms with Crippen LogP contribution in [0.1, 0.15) is 16.8 Å². The van der Waals surface area contributed by atoms with Crippen molar-refractivity contribution in [2.75, 3.05) is 11.1 Å². The number of rotatable bonds is 6. The van der Waals surface area contributed by atoms with Gasteiger partial charge in [-0.1, -0.05) is 30.0 Å². The highest BCUT2D eigenvalue weighted by atomic mass is 32.2. The molecule has 4 aromatic rings. The maximum Gasteiger partial charge on any atom is 0.277 e.